The maximum Gasteiger partial charge on any atom is 0.259 e. The van der Waals surface area contributed by atoms with E-state index in [0.717, 1.165) is 45.9 Å². The zero-order chi connectivity index (χ0) is 22.4. The average molecular weight is 444 g/mol. The number of carbonyl (C=O) groups is 2. The van der Waals surface area contributed by atoms with Crippen LogP contribution >= 0.6 is 11.6 Å². The number of benzene rings is 3. The number of fused-ring (bicyclic) bond motifs is 5. The molecule has 4 aromatic rings. The summed E-state index contributed by atoms with van der Waals surface area (Å²) in [7, 11) is 3.92. The topological polar surface area (TPSA) is 63.1 Å². The molecule has 2 amide bonds. The van der Waals surface area contributed by atoms with Gasteiger partial charge in [0.25, 0.3) is 11.8 Å². The van der Waals surface area contributed by atoms with Crippen molar-refractivity contribution in [2.24, 2.45) is 7.05 Å². The Labute approximate surface area is 190 Å². The van der Waals surface area contributed by atoms with E-state index in [-0.39, 0.29) is 11.8 Å². The summed E-state index contributed by atoms with van der Waals surface area (Å²) < 4.78 is 2.08. The van der Waals surface area contributed by atoms with E-state index in [1.807, 2.05) is 50.5 Å². The van der Waals surface area contributed by atoms with Gasteiger partial charge in [0.2, 0.25) is 0 Å². The summed E-state index contributed by atoms with van der Waals surface area (Å²) >= 11 is 6.47. The van der Waals surface area contributed by atoms with E-state index in [2.05, 4.69) is 33.4 Å². The van der Waals surface area contributed by atoms with E-state index in [0.29, 0.717) is 21.7 Å². The molecule has 0 saturated carbocycles. The Kier molecular flexibility index (Phi) is 5.08. The minimum atomic E-state index is -0.386. The Morgan fingerprint density at radius 1 is 1.00 bits per heavy atom. The molecule has 0 bridgehead atoms. The largest absolute Gasteiger partial charge is 0.344 e. The van der Waals surface area contributed by atoms with Gasteiger partial charge in [0.15, 0.2) is 0 Å². The van der Waals surface area contributed by atoms with E-state index in [1.165, 1.54) is 0 Å². The molecular formula is C26H22ClN3O2. The second-order valence-electron chi connectivity index (χ2n) is 7.96. The van der Waals surface area contributed by atoms with E-state index in [4.69, 9.17) is 11.6 Å². The third-order valence-electron chi connectivity index (χ3n) is 6.04. The molecule has 0 fully saturated rings. The molecule has 1 aliphatic rings. The van der Waals surface area contributed by atoms with Crippen LogP contribution in [0.2, 0.25) is 5.02 Å². The van der Waals surface area contributed by atoms with Gasteiger partial charge in [0.05, 0.1) is 16.6 Å². The Balaban J connectivity index is 1.80. The Bertz CT molecular complexity index is 1450. The fourth-order valence-corrected chi connectivity index (χ4v) is 4.74. The highest BCUT2D eigenvalue weighted by Gasteiger charge is 2.34. The van der Waals surface area contributed by atoms with Crippen molar-refractivity contribution in [2.45, 2.75) is 6.42 Å². The smallest absolute Gasteiger partial charge is 0.259 e. The van der Waals surface area contributed by atoms with Gasteiger partial charge >= 0.3 is 0 Å². The predicted octanol–water partition coefficient (Wildman–Crippen LogP) is 5.16. The monoisotopic (exact) mass is 443 g/mol. The number of imide groups is 1. The highest BCUT2D eigenvalue weighted by atomic mass is 35.5. The normalized spacial score (nSPS) is 13.5. The van der Waals surface area contributed by atoms with Crippen LogP contribution in [0, 0.1) is 0 Å². The average Bonchev–Trinajstić information content (AvgIpc) is 3.24. The standard InChI is InChI=1S/C26H22ClN3O2/c1-28-12-6-5-7-15-10-11-17-20(13-15)30(2)21-14-18(16-8-3-4-9-19(16)27)23-24(22(17)21)26(32)29-25(23)31/h3-5,7-11,13-14,28H,6,12H2,1-2H3,(H,29,31,32). The summed E-state index contributed by atoms with van der Waals surface area (Å²) in [6, 6.07) is 15.5. The predicted molar refractivity (Wildman–Crippen MR) is 130 cm³/mol. The summed E-state index contributed by atoms with van der Waals surface area (Å²) in [5, 5.41) is 7.89. The molecule has 5 nitrogen and oxygen atoms in total. The van der Waals surface area contributed by atoms with Crippen molar-refractivity contribution >= 4 is 51.3 Å². The molecule has 0 unspecified atom stereocenters. The number of rotatable bonds is 5. The number of halogens is 1. The maximum absolute atomic E-state index is 12.9. The van der Waals surface area contributed by atoms with Gasteiger partial charge in [-0.25, -0.2) is 0 Å². The first-order valence-electron chi connectivity index (χ1n) is 10.5. The van der Waals surface area contributed by atoms with Crippen LogP contribution in [0.5, 0.6) is 0 Å². The quantitative estimate of drug-likeness (QED) is 0.331. The van der Waals surface area contributed by atoms with Gasteiger partial charge in [-0.3, -0.25) is 14.9 Å². The third kappa shape index (κ3) is 3.13. The SMILES string of the molecule is CNCCC=Cc1ccc2c3c4c(c(-c5ccccc5Cl)cc3n(C)c2c1)C(=O)NC4=O. The van der Waals surface area contributed by atoms with Gasteiger partial charge in [0, 0.05) is 33.9 Å². The van der Waals surface area contributed by atoms with E-state index in [1.54, 1.807) is 6.07 Å². The summed E-state index contributed by atoms with van der Waals surface area (Å²) in [5.74, 6) is -0.754. The number of aryl methyl sites for hydroxylation is 1. The molecule has 2 heterocycles. The number of aromatic nitrogens is 1. The first-order chi connectivity index (χ1) is 15.5. The van der Waals surface area contributed by atoms with Crippen molar-refractivity contribution in [3.8, 4) is 11.1 Å². The Morgan fingerprint density at radius 3 is 2.56 bits per heavy atom. The molecular weight excluding hydrogens is 422 g/mol. The molecule has 0 radical (unpaired) electrons. The highest BCUT2D eigenvalue weighted by molar-refractivity contribution is 6.36. The van der Waals surface area contributed by atoms with Gasteiger partial charge in [0.1, 0.15) is 0 Å². The number of carbonyl (C=O) groups excluding carboxylic acids is 2. The van der Waals surface area contributed by atoms with E-state index < -0.39 is 0 Å². The lowest BCUT2D eigenvalue weighted by Crippen LogP contribution is -2.20. The molecule has 3 aromatic carbocycles. The molecule has 160 valence electrons. The minimum absolute atomic E-state index is 0.368. The zero-order valence-corrected chi connectivity index (χ0v) is 18.6. The molecule has 5 rings (SSSR count). The van der Waals surface area contributed by atoms with Crippen LogP contribution in [0.25, 0.3) is 39.0 Å². The van der Waals surface area contributed by atoms with Crippen molar-refractivity contribution in [1.29, 1.82) is 0 Å². The fourth-order valence-electron chi connectivity index (χ4n) is 4.51. The third-order valence-corrected chi connectivity index (χ3v) is 6.37. The van der Waals surface area contributed by atoms with Crippen LogP contribution in [0.4, 0.5) is 0 Å². The second kappa shape index (κ2) is 7.93. The van der Waals surface area contributed by atoms with Crippen LogP contribution in [0.3, 0.4) is 0 Å². The number of hydrogen-bond donors (Lipinski definition) is 2. The van der Waals surface area contributed by atoms with Crippen LogP contribution < -0.4 is 10.6 Å². The maximum atomic E-state index is 12.9. The number of amides is 2. The van der Waals surface area contributed by atoms with Crippen LogP contribution in [-0.4, -0.2) is 30.0 Å². The van der Waals surface area contributed by atoms with E-state index in [9.17, 15) is 9.59 Å². The van der Waals surface area contributed by atoms with Gasteiger partial charge in [-0.05, 0) is 49.3 Å². The Hall–Kier alpha value is -3.41. The lowest BCUT2D eigenvalue weighted by molar-refractivity contribution is 0.0880. The fraction of sp³-hybridized carbons (Fsp3) is 0.154. The molecule has 0 spiro atoms. The van der Waals surface area contributed by atoms with Crippen LogP contribution in [0.1, 0.15) is 32.7 Å². The summed E-state index contributed by atoms with van der Waals surface area (Å²) in [4.78, 5) is 25.7. The number of nitrogens with zero attached hydrogens (tertiary/aromatic N) is 1. The lowest BCUT2D eigenvalue weighted by Gasteiger charge is -2.10. The molecule has 1 aromatic heterocycles. The summed E-state index contributed by atoms with van der Waals surface area (Å²) in [6.07, 6.45) is 5.19. The molecule has 0 aliphatic carbocycles. The highest BCUT2D eigenvalue weighted by Crippen LogP contribution is 2.41. The number of nitrogens with one attached hydrogen (secondary N) is 2. The summed E-state index contributed by atoms with van der Waals surface area (Å²) in [6.45, 7) is 0.923. The van der Waals surface area contributed by atoms with Crippen molar-refractivity contribution in [2.75, 3.05) is 13.6 Å². The van der Waals surface area contributed by atoms with Crippen LogP contribution in [-0.2, 0) is 7.05 Å². The van der Waals surface area contributed by atoms with Crippen molar-refractivity contribution in [1.82, 2.24) is 15.2 Å². The van der Waals surface area contributed by atoms with Gasteiger partial charge in [-0.15, -0.1) is 0 Å². The van der Waals surface area contributed by atoms with Gasteiger partial charge in [-0.2, -0.15) is 0 Å². The van der Waals surface area contributed by atoms with Gasteiger partial charge < -0.3 is 9.88 Å². The Morgan fingerprint density at radius 2 is 1.78 bits per heavy atom. The zero-order valence-electron chi connectivity index (χ0n) is 17.8. The summed E-state index contributed by atoms with van der Waals surface area (Å²) in [5.41, 5.74) is 5.18. The first-order valence-corrected chi connectivity index (χ1v) is 10.9. The van der Waals surface area contributed by atoms with E-state index >= 15 is 0 Å². The molecule has 0 atom stereocenters. The molecule has 32 heavy (non-hydrogen) atoms. The molecule has 1 aliphatic heterocycles. The van der Waals surface area contributed by atoms with Gasteiger partial charge in [-0.1, -0.05) is 54.1 Å². The molecule has 0 saturated heterocycles. The molecule has 6 heteroatoms. The minimum Gasteiger partial charge on any atom is -0.344 e. The first kappa shape index (κ1) is 20.5. The second-order valence-corrected chi connectivity index (χ2v) is 8.37. The van der Waals surface area contributed by atoms with Crippen molar-refractivity contribution < 1.29 is 9.59 Å². The van der Waals surface area contributed by atoms with Crippen molar-refractivity contribution in [3.63, 3.8) is 0 Å². The van der Waals surface area contributed by atoms with Crippen LogP contribution in [0.15, 0.2) is 54.6 Å². The molecule has 2 N–H and O–H groups in total. The lowest BCUT2D eigenvalue weighted by atomic mass is 9.93. The number of hydrogen-bond acceptors (Lipinski definition) is 3. The van der Waals surface area contributed by atoms with Crippen molar-refractivity contribution in [3.05, 3.63) is 76.3 Å².